The summed E-state index contributed by atoms with van der Waals surface area (Å²) in [6, 6.07) is 7.21. The molecule has 142 valence electrons. The lowest BCUT2D eigenvalue weighted by Crippen LogP contribution is -2.42. The van der Waals surface area contributed by atoms with Gasteiger partial charge in [0.2, 0.25) is 0 Å². The number of anilines is 2. The van der Waals surface area contributed by atoms with E-state index in [-0.39, 0.29) is 24.7 Å². The van der Waals surface area contributed by atoms with E-state index >= 15 is 0 Å². The highest BCUT2D eigenvalue weighted by atomic mass is 35.5. The maximum absolute atomic E-state index is 12.7. The Morgan fingerprint density at radius 3 is 2.50 bits per heavy atom. The number of rotatable bonds is 9. The monoisotopic (exact) mass is 382 g/mol. The summed E-state index contributed by atoms with van der Waals surface area (Å²) in [6.45, 7) is 1.56. The third-order valence-corrected chi connectivity index (χ3v) is 4.12. The van der Waals surface area contributed by atoms with Gasteiger partial charge in [0.05, 0.1) is 26.4 Å². The summed E-state index contributed by atoms with van der Waals surface area (Å²) < 4.78 is 12.6. The van der Waals surface area contributed by atoms with Gasteiger partial charge in [0.25, 0.3) is 5.56 Å². The molecular formula is C17H23ClN4O4. The van der Waals surface area contributed by atoms with Gasteiger partial charge in [-0.3, -0.25) is 13.9 Å². The van der Waals surface area contributed by atoms with E-state index in [0.717, 1.165) is 10.1 Å². The Bertz CT molecular complexity index is 846. The minimum absolute atomic E-state index is 0.0884. The lowest BCUT2D eigenvalue weighted by atomic mass is 10.2. The first kappa shape index (κ1) is 20.0. The van der Waals surface area contributed by atoms with Gasteiger partial charge in [0, 0.05) is 25.7 Å². The van der Waals surface area contributed by atoms with Crippen molar-refractivity contribution < 1.29 is 9.47 Å². The van der Waals surface area contributed by atoms with Gasteiger partial charge in [-0.15, -0.1) is 0 Å². The van der Waals surface area contributed by atoms with E-state index in [1.807, 2.05) is 12.1 Å². The molecule has 0 bridgehead atoms. The predicted molar refractivity (Wildman–Crippen MR) is 102 cm³/mol. The topological polar surface area (TPSA) is 101 Å². The molecule has 26 heavy (non-hydrogen) atoms. The number of methoxy groups -OCH3 is 1. The third-order valence-electron chi connectivity index (χ3n) is 3.87. The molecule has 0 aliphatic rings. The molecule has 2 aromatic rings. The molecule has 2 rings (SSSR count). The molecular weight excluding hydrogens is 360 g/mol. The number of nitrogen functional groups attached to an aromatic ring is 1. The summed E-state index contributed by atoms with van der Waals surface area (Å²) >= 11 is 5.87. The number of ether oxygens (including phenoxy) is 2. The second-order valence-corrected chi connectivity index (χ2v) is 6.08. The number of nitrogens with two attached hydrogens (primary N) is 1. The highest BCUT2D eigenvalue weighted by Crippen LogP contribution is 2.13. The molecule has 0 atom stereocenters. The van der Waals surface area contributed by atoms with Crippen molar-refractivity contribution in [2.24, 2.45) is 7.05 Å². The molecule has 0 amide bonds. The lowest BCUT2D eigenvalue weighted by Gasteiger charge is -2.15. The van der Waals surface area contributed by atoms with Crippen LogP contribution in [0.2, 0.25) is 5.02 Å². The Morgan fingerprint density at radius 2 is 1.85 bits per heavy atom. The van der Waals surface area contributed by atoms with Crippen molar-refractivity contribution >= 4 is 23.1 Å². The van der Waals surface area contributed by atoms with Crippen molar-refractivity contribution in [1.29, 1.82) is 0 Å². The molecule has 8 nitrogen and oxygen atoms in total. The zero-order valence-corrected chi connectivity index (χ0v) is 15.6. The molecule has 0 unspecified atom stereocenters. The minimum Gasteiger partial charge on any atom is -0.383 e. The highest BCUT2D eigenvalue weighted by Gasteiger charge is 2.15. The SMILES string of the molecule is COCCOCCn1c(=O)c(NCc2ccc(Cl)cc2)c(N)n(C)c1=O. The standard InChI is InChI=1S/C17H23ClN4O4/c1-21-15(19)14(20-11-12-3-5-13(18)6-4-12)16(23)22(17(21)24)7-8-26-10-9-25-2/h3-6,20H,7-11,19H2,1-2H3. The van der Waals surface area contributed by atoms with Crippen LogP contribution in [0.4, 0.5) is 11.5 Å². The van der Waals surface area contributed by atoms with Crippen LogP contribution >= 0.6 is 11.6 Å². The zero-order chi connectivity index (χ0) is 19.1. The average Bonchev–Trinajstić information content (AvgIpc) is 2.63. The average molecular weight is 383 g/mol. The number of nitrogens with one attached hydrogen (secondary N) is 1. The molecule has 0 saturated carbocycles. The van der Waals surface area contributed by atoms with Crippen LogP contribution in [-0.2, 0) is 29.6 Å². The summed E-state index contributed by atoms with van der Waals surface area (Å²) in [5.74, 6) is 0.0884. The van der Waals surface area contributed by atoms with E-state index in [2.05, 4.69) is 5.32 Å². The van der Waals surface area contributed by atoms with Gasteiger partial charge in [-0.1, -0.05) is 23.7 Å². The van der Waals surface area contributed by atoms with Crippen LogP contribution in [0.5, 0.6) is 0 Å². The van der Waals surface area contributed by atoms with Crippen LogP contribution in [0.15, 0.2) is 33.9 Å². The van der Waals surface area contributed by atoms with Gasteiger partial charge < -0.3 is 20.5 Å². The van der Waals surface area contributed by atoms with Gasteiger partial charge in [0.15, 0.2) is 0 Å². The van der Waals surface area contributed by atoms with Crippen LogP contribution in [0.1, 0.15) is 5.56 Å². The summed E-state index contributed by atoms with van der Waals surface area (Å²) in [6.07, 6.45) is 0. The Hall–Kier alpha value is -2.29. The van der Waals surface area contributed by atoms with Gasteiger partial charge >= 0.3 is 5.69 Å². The molecule has 0 aliphatic heterocycles. The van der Waals surface area contributed by atoms with E-state index in [9.17, 15) is 9.59 Å². The molecule has 0 aliphatic carbocycles. The smallest absolute Gasteiger partial charge is 0.332 e. The first-order valence-electron chi connectivity index (χ1n) is 8.10. The number of nitrogens with zero attached hydrogens (tertiary/aromatic N) is 2. The van der Waals surface area contributed by atoms with Crippen LogP contribution in [0, 0.1) is 0 Å². The fraction of sp³-hybridized carbons (Fsp3) is 0.412. The van der Waals surface area contributed by atoms with Crippen molar-refractivity contribution in [3.8, 4) is 0 Å². The van der Waals surface area contributed by atoms with Gasteiger partial charge in [-0.2, -0.15) is 0 Å². The maximum Gasteiger partial charge on any atom is 0.332 e. The Morgan fingerprint density at radius 1 is 1.15 bits per heavy atom. The van der Waals surface area contributed by atoms with E-state index in [1.54, 1.807) is 19.2 Å². The van der Waals surface area contributed by atoms with Crippen LogP contribution in [-0.4, -0.2) is 36.1 Å². The largest absolute Gasteiger partial charge is 0.383 e. The normalized spacial score (nSPS) is 10.9. The Balaban J connectivity index is 2.18. The Labute approximate surface area is 156 Å². The summed E-state index contributed by atoms with van der Waals surface area (Å²) in [5, 5.41) is 3.64. The van der Waals surface area contributed by atoms with Crippen molar-refractivity contribution in [2.45, 2.75) is 13.1 Å². The maximum atomic E-state index is 12.7. The number of halogens is 1. The second kappa shape index (κ2) is 9.42. The van der Waals surface area contributed by atoms with Crippen molar-refractivity contribution in [3.63, 3.8) is 0 Å². The summed E-state index contributed by atoms with van der Waals surface area (Å²) in [5.41, 5.74) is 6.10. The molecule has 0 spiro atoms. The summed E-state index contributed by atoms with van der Waals surface area (Å²) in [4.78, 5) is 25.0. The van der Waals surface area contributed by atoms with Crippen LogP contribution < -0.4 is 22.3 Å². The number of aromatic nitrogens is 2. The van der Waals surface area contributed by atoms with Gasteiger partial charge in [-0.25, -0.2) is 4.79 Å². The first-order valence-corrected chi connectivity index (χ1v) is 8.47. The van der Waals surface area contributed by atoms with Crippen LogP contribution in [0.25, 0.3) is 0 Å². The highest BCUT2D eigenvalue weighted by molar-refractivity contribution is 6.30. The number of hydrogen-bond acceptors (Lipinski definition) is 6. The fourth-order valence-electron chi connectivity index (χ4n) is 2.34. The van der Waals surface area contributed by atoms with Crippen LogP contribution in [0.3, 0.4) is 0 Å². The molecule has 0 fully saturated rings. The first-order chi connectivity index (χ1) is 12.5. The second-order valence-electron chi connectivity index (χ2n) is 5.64. The van der Waals surface area contributed by atoms with E-state index < -0.39 is 11.2 Å². The fourth-order valence-corrected chi connectivity index (χ4v) is 2.47. The molecule has 9 heteroatoms. The molecule has 0 radical (unpaired) electrons. The van der Waals surface area contributed by atoms with Crippen molar-refractivity contribution in [2.75, 3.05) is 38.0 Å². The number of benzene rings is 1. The molecule has 0 saturated heterocycles. The lowest BCUT2D eigenvalue weighted by molar-refractivity contribution is 0.0657. The van der Waals surface area contributed by atoms with E-state index in [0.29, 0.717) is 24.8 Å². The molecule has 1 aromatic heterocycles. The quantitative estimate of drug-likeness (QED) is 0.629. The molecule has 1 aromatic carbocycles. The van der Waals surface area contributed by atoms with Crippen molar-refractivity contribution in [1.82, 2.24) is 9.13 Å². The van der Waals surface area contributed by atoms with Gasteiger partial charge in [-0.05, 0) is 17.7 Å². The molecule has 3 N–H and O–H groups in total. The minimum atomic E-state index is -0.486. The van der Waals surface area contributed by atoms with E-state index in [4.69, 9.17) is 26.8 Å². The van der Waals surface area contributed by atoms with E-state index in [1.165, 1.54) is 11.6 Å². The zero-order valence-electron chi connectivity index (χ0n) is 14.8. The summed E-state index contributed by atoms with van der Waals surface area (Å²) in [7, 11) is 3.09. The predicted octanol–water partition coefficient (Wildman–Crippen LogP) is 1.06. The molecule has 1 heterocycles. The Kier molecular flexibility index (Phi) is 7.26. The van der Waals surface area contributed by atoms with Gasteiger partial charge in [0.1, 0.15) is 11.5 Å². The number of hydrogen-bond donors (Lipinski definition) is 2. The third kappa shape index (κ3) is 4.87. The van der Waals surface area contributed by atoms with Crippen molar-refractivity contribution in [3.05, 3.63) is 55.7 Å².